The predicted octanol–water partition coefficient (Wildman–Crippen LogP) is 4.21. The number of rotatable bonds is 4. The van der Waals surface area contributed by atoms with Crippen molar-refractivity contribution in [1.82, 2.24) is 4.57 Å². The molecule has 1 unspecified atom stereocenters. The summed E-state index contributed by atoms with van der Waals surface area (Å²) >= 11 is 0. The highest BCUT2D eigenvalue weighted by Crippen LogP contribution is 2.23. The zero-order valence-electron chi connectivity index (χ0n) is 14.7. The first-order valence-electron chi connectivity index (χ1n) is 8.50. The van der Waals surface area contributed by atoms with Crippen LogP contribution in [0.3, 0.4) is 0 Å². The molecule has 1 amide bonds. The van der Waals surface area contributed by atoms with Crippen LogP contribution in [0.5, 0.6) is 0 Å². The fourth-order valence-electron chi connectivity index (χ4n) is 3.20. The van der Waals surface area contributed by atoms with E-state index >= 15 is 0 Å². The molecule has 2 aromatic carbocycles. The SMILES string of the molecule is CCC(C(=O)Nc1ccccc1C)n1c(=O)cc(C)c2ccccc21. The van der Waals surface area contributed by atoms with E-state index in [9.17, 15) is 9.59 Å². The molecule has 128 valence electrons. The van der Waals surface area contributed by atoms with E-state index < -0.39 is 6.04 Å². The van der Waals surface area contributed by atoms with E-state index in [0.717, 1.165) is 27.7 Å². The van der Waals surface area contributed by atoms with Crippen molar-refractivity contribution in [2.45, 2.75) is 33.2 Å². The van der Waals surface area contributed by atoms with Crippen molar-refractivity contribution in [3.8, 4) is 0 Å². The number of nitrogens with one attached hydrogen (secondary N) is 1. The summed E-state index contributed by atoms with van der Waals surface area (Å²) in [7, 11) is 0. The minimum absolute atomic E-state index is 0.150. The van der Waals surface area contributed by atoms with Crippen molar-refractivity contribution in [2.24, 2.45) is 0 Å². The second-order valence-corrected chi connectivity index (χ2v) is 6.28. The molecule has 0 saturated heterocycles. The van der Waals surface area contributed by atoms with Gasteiger partial charge in [0, 0.05) is 17.1 Å². The number of aryl methyl sites for hydroxylation is 2. The molecule has 0 aliphatic heterocycles. The third kappa shape index (κ3) is 3.20. The molecule has 4 nitrogen and oxygen atoms in total. The molecule has 0 fully saturated rings. The van der Waals surface area contributed by atoms with Gasteiger partial charge in [-0.3, -0.25) is 14.2 Å². The van der Waals surface area contributed by atoms with Crippen molar-refractivity contribution in [2.75, 3.05) is 5.32 Å². The van der Waals surface area contributed by atoms with Gasteiger partial charge in [-0.05, 0) is 43.5 Å². The maximum atomic E-state index is 12.9. The first-order chi connectivity index (χ1) is 12.0. The molecule has 0 aliphatic rings. The number of amides is 1. The van der Waals surface area contributed by atoms with Crippen LogP contribution in [0.4, 0.5) is 5.69 Å². The Labute approximate surface area is 147 Å². The summed E-state index contributed by atoms with van der Waals surface area (Å²) in [6.45, 7) is 5.79. The number of carbonyl (C=O) groups excluding carboxylic acids is 1. The zero-order chi connectivity index (χ0) is 18.0. The van der Waals surface area contributed by atoms with Crippen LogP contribution < -0.4 is 10.9 Å². The van der Waals surface area contributed by atoms with Gasteiger partial charge in [-0.15, -0.1) is 0 Å². The number of nitrogens with zero attached hydrogens (tertiary/aromatic N) is 1. The minimum atomic E-state index is -0.558. The Kier molecular flexibility index (Phi) is 4.70. The second kappa shape index (κ2) is 6.93. The average Bonchev–Trinajstić information content (AvgIpc) is 2.60. The zero-order valence-corrected chi connectivity index (χ0v) is 14.7. The Balaban J connectivity index is 2.07. The van der Waals surface area contributed by atoms with E-state index in [1.165, 1.54) is 0 Å². The van der Waals surface area contributed by atoms with Crippen LogP contribution in [0.2, 0.25) is 0 Å². The van der Waals surface area contributed by atoms with Crippen LogP contribution in [0, 0.1) is 13.8 Å². The summed E-state index contributed by atoms with van der Waals surface area (Å²) in [6.07, 6.45) is 0.532. The number of pyridine rings is 1. The average molecular weight is 334 g/mol. The number of para-hydroxylation sites is 2. The fourth-order valence-corrected chi connectivity index (χ4v) is 3.20. The van der Waals surface area contributed by atoms with Crippen LogP contribution in [-0.4, -0.2) is 10.5 Å². The third-order valence-electron chi connectivity index (χ3n) is 4.57. The first kappa shape index (κ1) is 17.0. The Morgan fingerprint density at radius 1 is 1.04 bits per heavy atom. The Bertz CT molecular complexity index is 989. The quantitative estimate of drug-likeness (QED) is 0.777. The molecule has 1 atom stereocenters. The van der Waals surface area contributed by atoms with E-state index in [-0.39, 0.29) is 11.5 Å². The molecular formula is C21H22N2O2. The Hall–Kier alpha value is -2.88. The second-order valence-electron chi connectivity index (χ2n) is 6.28. The maximum Gasteiger partial charge on any atom is 0.252 e. The van der Waals surface area contributed by atoms with Crippen molar-refractivity contribution < 1.29 is 4.79 Å². The predicted molar refractivity (Wildman–Crippen MR) is 102 cm³/mol. The van der Waals surface area contributed by atoms with Crippen molar-refractivity contribution in [3.05, 3.63) is 76.1 Å². The van der Waals surface area contributed by atoms with E-state index in [1.54, 1.807) is 10.6 Å². The molecule has 1 aromatic heterocycles. The standard InChI is InChI=1S/C21H22N2O2/c1-4-18(21(25)22-17-11-7-5-9-14(17)2)23-19-12-8-6-10-16(19)15(3)13-20(23)24/h5-13,18H,4H2,1-3H3,(H,22,25). The molecule has 0 bridgehead atoms. The lowest BCUT2D eigenvalue weighted by molar-refractivity contribution is -0.119. The lowest BCUT2D eigenvalue weighted by atomic mass is 10.1. The number of aromatic nitrogens is 1. The number of hydrogen-bond acceptors (Lipinski definition) is 2. The van der Waals surface area contributed by atoms with E-state index in [1.807, 2.05) is 69.3 Å². The van der Waals surface area contributed by atoms with Gasteiger partial charge in [-0.2, -0.15) is 0 Å². The van der Waals surface area contributed by atoms with Gasteiger partial charge in [-0.25, -0.2) is 0 Å². The topological polar surface area (TPSA) is 51.1 Å². The first-order valence-corrected chi connectivity index (χ1v) is 8.50. The normalized spacial score (nSPS) is 12.1. The summed E-state index contributed by atoms with van der Waals surface area (Å²) in [5.74, 6) is -0.173. The highest BCUT2D eigenvalue weighted by atomic mass is 16.2. The van der Waals surface area contributed by atoms with Gasteiger partial charge >= 0.3 is 0 Å². The molecular weight excluding hydrogens is 312 g/mol. The summed E-state index contributed by atoms with van der Waals surface area (Å²) < 4.78 is 1.61. The number of fused-ring (bicyclic) bond motifs is 1. The lowest BCUT2D eigenvalue weighted by Crippen LogP contribution is -2.33. The Morgan fingerprint density at radius 3 is 2.44 bits per heavy atom. The van der Waals surface area contributed by atoms with Crippen LogP contribution in [0.25, 0.3) is 10.9 Å². The number of anilines is 1. The van der Waals surface area contributed by atoms with Crippen LogP contribution in [-0.2, 0) is 4.79 Å². The van der Waals surface area contributed by atoms with Crippen LogP contribution >= 0.6 is 0 Å². The summed E-state index contributed by atoms with van der Waals surface area (Å²) in [5.41, 5.74) is 3.33. The van der Waals surface area contributed by atoms with Gasteiger partial charge in [0.05, 0.1) is 5.52 Å². The molecule has 25 heavy (non-hydrogen) atoms. The van der Waals surface area contributed by atoms with Gasteiger partial charge in [0.2, 0.25) is 5.91 Å². The molecule has 0 radical (unpaired) electrons. The highest BCUT2D eigenvalue weighted by Gasteiger charge is 2.22. The molecule has 4 heteroatoms. The number of hydrogen-bond donors (Lipinski definition) is 1. The molecule has 0 spiro atoms. The van der Waals surface area contributed by atoms with E-state index in [2.05, 4.69) is 5.32 Å². The summed E-state index contributed by atoms with van der Waals surface area (Å²) in [5, 5.41) is 3.96. The van der Waals surface area contributed by atoms with Crippen LogP contribution in [0.15, 0.2) is 59.4 Å². The third-order valence-corrected chi connectivity index (χ3v) is 4.57. The molecule has 0 aliphatic carbocycles. The van der Waals surface area contributed by atoms with Gasteiger partial charge in [-0.1, -0.05) is 43.3 Å². The van der Waals surface area contributed by atoms with E-state index in [4.69, 9.17) is 0 Å². The Morgan fingerprint density at radius 2 is 1.72 bits per heavy atom. The van der Waals surface area contributed by atoms with Crippen molar-refractivity contribution in [1.29, 1.82) is 0 Å². The molecule has 3 rings (SSSR count). The molecule has 3 aromatic rings. The van der Waals surface area contributed by atoms with Gasteiger partial charge < -0.3 is 5.32 Å². The minimum Gasteiger partial charge on any atom is -0.324 e. The summed E-state index contributed by atoms with van der Waals surface area (Å²) in [6, 6.07) is 16.4. The molecule has 1 heterocycles. The van der Waals surface area contributed by atoms with Crippen LogP contribution in [0.1, 0.15) is 30.5 Å². The fraction of sp³-hybridized carbons (Fsp3) is 0.238. The maximum absolute atomic E-state index is 12.9. The van der Waals surface area contributed by atoms with E-state index in [0.29, 0.717) is 6.42 Å². The number of benzene rings is 2. The monoisotopic (exact) mass is 334 g/mol. The van der Waals surface area contributed by atoms with Crippen molar-refractivity contribution in [3.63, 3.8) is 0 Å². The molecule has 0 saturated carbocycles. The lowest BCUT2D eigenvalue weighted by Gasteiger charge is -2.21. The summed E-state index contributed by atoms with van der Waals surface area (Å²) in [4.78, 5) is 25.6. The molecule has 1 N–H and O–H groups in total. The van der Waals surface area contributed by atoms with Gasteiger partial charge in [0.25, 0.3) is 5.56 Å². The smallest absolute Gasteiger partial charge is 0.252 e. The van der Waals surface area contributed by atoms with Gasteiger partial charge in [0.1, 0.15) is 6.04 Å². The van der Waals surface area contributed by atoms with Gasteiger partial charge in [0.15, 0.2) is 0 Å². The van der Waals surface area contributed by atoms with Crippen molar-refractivity contribution >= 4 is 22.5 Å². The largest absolute Gasteiger partial charge is 0.324 e. The number of carbonyl (C=O) groups is 1. The highest BCUT2D eigenvalue weighted by molar-refractivity contribution is 5.95.